The van der Waals surface area contributed by atoms with Gasteiger partial charge in [0.15, 0.2) is 0 Å². The second kappa shape index (κ2) is 13.7. The van der Waals surface area contributed by atoms with E-state index < -0.39 is 35.8 Å². The van der Waals surface area contributed by atoms with Gasteiger partial charge in [-0.3, -0.25) is 24.2 Å². The molecule has 4 N–H and O–H groups in total. The van der Waals surface area contributed by atoms with Crippen molar-refractivity contribution in [3.63, 3.8) is 0 Å². The summed E-state index contributed by atoms with van der Waals surface area (Å²) in [7, 11) is 0. The molecule has 0 fully saturated rings. The second-order valence-electron chi connectivity index (χ2n) is 10.1. The lowest BCUT2D eigenvalue weighted by Crippen LogP contribution is -2.53. The first-order chi connectivity index (χ1) is 20.2. The third-order valence-corrected chi connectivity index (χ3v) is 6.93. The first kappa shape index (κ1) is 30.2. The smallest absolute Gasteiger partial charge is 0.256 e. The highest BCUT2D eigenvalue weighted by molar-refractivity contribution is 6.03. The van der Waals surface area contributed by atoms with Crippen molar-refractivity contribution in [2.45, 2.75) is 32.9 Å². The number of carbonyl (C=O) groups excluding carboxylic acids is 4. The standard InChI is InChI=1S/C31H35N5O6/c1-19-9-10-23-17-25(19)42-16-14-33-26(38)18-36(15-13-34-30(40)28(21(3)37)35-29(23)39)31(41)27-20(2)32-12-11-24(27)22-7-5-4-6-8-22/h4-12,17,21,28,37H,13-16,18H2,1-3H3,(H,33,38)(H,34,40)(H,35,39)/t21-,28+/m1/s1. The van der Waals surface area contributed by atoms with Crippen LogP contribution < -0.4 is 20.7 Å². The highest BCUT2D eigenvalue weighted by atomic mass is 16.5. The molecular weight excluding hydrogens is 538 g/mol. The van der Waals surface area contributed by atoms with Crippen molar-refractivity contribution in [3.05, 3.63) is 83.2 Å². The number of aromatic nitrogens is 1. The molecule has 1 aliphatic rings. The minimum Gasteiger partial charge on any atom is -0.491 e. The third-order valence-electron chi connectivity index (χ3n) is 6.93. The van der Waals surface area contributed by atoms with Crippen molar-refractivity contribution in [1.29, 1.82) is 0 Å². The molecule has 4 amide bonds. The number of ether oxygens (including phenoxy) is 1. The van der Waals surface area contributed by atoms with Crippen LogP contribution >= 0.6 is 0 Å². The summed E-state index contributed by atoms with van der Waals surface area (Å²) < 4.78 is 5.81. The van der Waals surface area contributed by atoms with Gasteiger partial charge in [-0.1, -0.05) is 36.4 Å². The van der Waals surface area contributed by atoms with E-state index >= 15 is 0 Å². The predicted molar refractivity (Wildman–Crippen MR) is 156 cm³/mol. The molecule has 2 bridgehead atoms. The molecule has 1 aromatic heterocycles. The van der Waals surface area contributed by atoms with Gasteiger partial charge in [-0.2, -0.15) is 0 Å². The number of aryl methyl sites for hydroxylation is 2. The van der Waals surface area contributed by atoms with E-state index in [1.165, 1.54) is 11.8 Å². The summed E-state index contributed by atoms with van der Waals surface area (Å²) in [4.78, 5) is 58.5. The maximum Gasteiger partial charge on any atom is 0.256 e. The van der Waals surface area contributed by atoms with E-state index in [0.29, 0.717) is 22.6 Å². The van der Waals surface area contributed by atoms with Gasteiger partial charge in [-0.25, -0.2) is 0 Å². The van der Waals surface area contributed by atoms with Crippen molar-refractivity contribution in [2.75, 3.05) is 32.8 Å². The lowest BCUT2D eigenvalue weighted by atomic mass is 9.98. The summed E-state index contributed by atoms with van der Waals surface area (Å²) in [6, 6.07) is 14.7. The van der Waals surface area contributed by atoms with Crippen LogP contribution in [-0.4, -0.2) is 83.6 Å². The molecule has 0 unspecified atom stereocenters. The Bertz CT molecular complexity index is 1460. The van der Waals surface area contributed by atoms with Gasteiger partial charge in [0.05, 0.1) is 30.5 Å². The van der Waals surface area contributed by atoms with Gasteiger partial charge in [-0.15, -0.1) is 0 Å². The molecule has 4 rings (SSSR count). The molecule has 220 valence electrons. The first-order valence-electron chi connectivity index (χ1n) is 13.7. The molecule has 0 saturated heterocycles. The summed E-state index contributed by atoms with van der Waals surface area (Å²) in [5.74, 6) is -1.59. The number of pyridine rings is 1. The van der Waals surface area contributed by atoms with Crippen molar-refractivity contribution >= 4 is 23.6 Å². The van der Waals surface area contributed by atoms with Crippen LogP contribution in [0.5, 0.6) is 5.75 Å². The van der Waals surface area contributed by atoms with E-state index in [1.807, 2.05) is 37.3 Å². The Hall–Kier alpha value is -4.77. The molecule has 2 atom stereocenters. The summed E-state index contributed by atoms with van der Waals surface area (Å²) in [6.45, 7) is 4.91. The van der Waals surface area contributed by atoms with Crippen LogP contribution in [0, 0.1) is 13.8 Å². The van der Waals surface area contributed by atoms with Gasteiger partial charge in [-0.05, 0) is 55.7 Å². The number of nitrogens with zero attached hydrogens (tertiary/aromatic N) is 2. The van der Waals surface area contributed by atoms with Crippen molar-refractivity contribution in [1.82, 2.24) is 25.8 Å². The van der Waals surface area contributed by atoms with E-state index in [1.54, 1.807) is 37.4 Å². The zero-order valence-electron chi connectivity index (χ0n) is 23.8. The minimum atomic E-state index is -1.25. The van der Waals surface area contributed by atoms with Gasteiger partial charge in [0.1, 0.15) is 18.4 Å². The van der Waals surface area contributed by atoms with E-state index in [0.717, 1.165) is 11.1 Å². The molecule has 2 aromatic carbocycles. The number of hydrogen-bond acceptors (Lipinski definition) is 7. The highest BCUT2D eigenvalue weighted by Crippen LogP contribution is 2.26. The lowest BCUT2D eigenvalue weighted by molar-refractivity contribution is -0.125. The minimum absolute atomic E-state index is 0.0164. The Labute approximate surface area is 244 Å². The van der Waals surface area contributed by atoms with Gasteiger partial charge in [0.25, 0.3) is 11.8 Å². The number of rotatable bonds is 3. The zero-order chi connectivity index (χ0) is 30.2. The van der Waals surface area contributed by atoms with Gasteiger partial charge in [0.2, 0.25) is 11.8 Å². The number of benzene rings is 2. The van der Waals surface area contributed by atoms with Crippen LogP contribution in [-0.2, 0) is 9.59 Å². The Balaban J connectivity index is 1.62. The van der Waals surface area contributed by atoms with Crippen LogP contribution in [0.2, 0.25) is 0 Å². The fraction of sp³-hybridized carbons (Fsp3) is 0.323. The normalized spacial score (nSPS) is 17.7. The summed E-state index contributed by atoms with van der Waals surface area (Å²) in [5.41, 5.74) is 3.36. The monoisotopic (exact) mass is 573 g/mol. The summed E-state index contributed by atoms with van der Waals surface area (Å²) in [6.07, 6.45) is 0.423. The van der Waals surface area contributed by atoms with E-state index in [9.17, 15) is 24.3 Å². The van der Waals surface area contributed by atoms with Gasteiger partial charge < -0.3 is 30.7 Å². The third kappa shape index (κ3) is 7.29. The van der Waals surface area contributed by atoms with Crippen LogP contribution in [0.3, 0.4) is 0 Å². The lowest BCUT2D eigenvalue weighted by Gasteiger charge is -2.25. The molecular formula is C31H35N5O6. The molecule has 3 aromatic rings. The van der Waals surface area contributed by atoms with Crippen molar-refractivity contribution < 1.29 is 29.0 Å². The molecule has 0 aliphatic carbocycles. The first-order valence-corrected chi connectivity index (χ1v) is 13.7. The fourth-order valence-corrected chi connectivity index (χ4v) is 4.64. The Morgan fingerprint density at radius 1 is 1.02 bits per heavy atom. The van der Waals surface area contributed by atoms with E-state index in [2.05, 4.69) is 20.9 Å². The second-order valence-corrected chi connectivity index (χ2v) is 10.1. The van der Waals surface area contributed by atoms with Gasteiger partial charge in [0, 0.05) is 24.8 Å². The Morgan fingerprint density at radius 2 is 1.79 bits per heavy atom. The maximum absolute atomic E-state index is 14.0. The zero-order valence-corrected chi connectivity index (χ0v) is 23.8. The van der Waals surface area contributed by atoms with Crippen LogP contribution in [0.25, 0.3) is 11.1 Å². The average molecular weight is 574 g/mol. The van der Waals surface area contributed by atoms with Crippen molar-refractivity contribution in [2.24, 2.45) is 0 Å². The molecule has 2 heterocycles. The molecule has 1 aliphatic heterocycles. The average Bonchev–Trinajstić information content (AvgIpc) is 2.97. The van der Waals surface area contributed by atoms with Crippen LogP contribution in [0.4, 0.5) is 0 Å². The van der Waals surface area contributed by atoms with Crippen LogP contribution in [0.1, 0.15) is 38.9 Å². The molecule has 11 nitrogen and oxygen atoms in total. The summed E-state index contributed by atoms with van der Waals surface area (Å²) in [5, 5.41) is 18.3. The largest absolute Gasteiger partial charge is 0.491 e. The number of fused-ring (bicyclic) bond motifs is 2. The molecule has 0 spiro atoms. The SMILES string of the molecule is Cc1ccc2cc1OCCNC(=O)CN(C(=O)c1c(-c3ccccc3)ccnc1C)CCNC(=O)[C@H]([C@@H](C)O)NC2=O. The highest BCUT2D eigenvalue weighted by Gasteiger charge is 2.28. The predicted octanol–water partition coefficient (Wildman–Crippen LogP) is 1.61. The molecule has 0 radical (unpaired) electrons. The summed E-state index contributed by atoms with van der Waals surface area (Å²) >= 11 is 0. The number of carbonyl (C=O) groups is 4. The topological polar surface area (TPSA) is 150 Å². The number of hydrogen-bond donors (Lipinski definition) is 4. The molecule has 11 heteroatoms. The molecule has 0 saturated carbocycles. The molecule has 42 heavy (non-hydrogen) atoms. The van der Waals surface area contributed by atoms with Gasteiger partial charge >= 0.3 is 0 Å². The Kier molecular flexibility index (Phi) is 9.87. The van der Waals surface area contributed by atoms with E-state index in [-0.39, 0.29) is 38.3 Å². The van der Waals surface area contributed by atoms with Crippen LogP contribution in [0.15, 0.2) is 60.8 Å². The fourth-order valence-electron chi connectivity index (χ4n) is 4.64. The Morgan fingerprint density at radius 3 is 2.52 bits per heavy atom. The van der Waals surface area contributed by atoms with Crippen molar-refractivity contribution in [3.8, 4) is 16.9 Å². The number of aliphatic hydroxyl groups excluding tert-OH is 1. The number of aliphatic hydroxyl groups is 1. The van der Waals surface area contributed by atoms with E-state index in [4.69, 9.17) is 4.74 Å². The number of nitrogens with one attached hydrogen (secondary N) is 3. The maximum atomic E-state index is 14.0. The number of amides is 4. The quantitative estimate of drug-likeness (QED) is 0.372.